The van der Waals surface area contributed by atoms with Gasteiger partial charge in [0.25, 0.3) is 0 Å². The summed E-state index contributed by atoms with van der Waals surface area (Å²) in [5.41, 5.74) is 1.78. The van der Waals surface area contributed by atoms with Crippen molar-refractivity contribution in [2.75, 3.05) is 7.11 Å². The number of carbonyl (C=O) groups excluding carboxylic acids is 1. The number of hydrogen-bond donors (Lipinski definition) is 0. The van der Waals surface area contributed by atoms with Gasteiger partial charge in [0.15, 0.2) is 0 Å². The average Bonchev–Trinajstić information content (AvgIpc) is 2.78. The smallest absolute Gasteiger partial charge is 0.327 e. The number of esters is 1. The van der Waals surface area contributed by atoms with E-state index in [1.54, 1.807) is 23.3 Å². The van der Waals surface area contributed by atoms with Crippen LogP contribution in [0.4, 0.5) is 0 Å². The first-order chi connectivity index (χ1) is 7.79. The molecule has 0 atom stereocenters. The quantitative estimate of drug-likeness (QED) is 0.723. The Bertz CT molecular complexity index is 479. The molecule has 0 saturated carbocycles. The molecule has 0 aliphatic carbocycles. The standard InChI is InChI=1S/C11H11N3O2/c1-16-11(15)8-14-7-4-10(13-14)9-2-5-12-6-3-9/h2-7H,8H2,1H3. The van der Waals surface area contributed by atoms with Gasteiger partial charge in [-0.2, -0.15) is 5.10 Å². The second-order valence-electron chi connectivity index (χ2n) is 3.21. The summed E-state index contributed by atoms with van der Waals surface area (Å²) in [7, 11) is 1.36. The summed E-state index contributed by atoms with van der Waals surface area (Å²) < 4.78 is 6.10. The van der Waals surface area contributed by atoms with Gasteiger partial charge in [-0.3, -0.25) is 14.5 Å². The van der Waals surface area contributed by atoms with Crippen LogP contribution in [-0.4, -0.2) is 27.8 Å². The van der Waals surface area contributed by atoms with Crippen molar-refractivity contribution in [1.29, 1.82) is 0 Å². The average molecular weight is 217 g/mol. The lowest BCUT2D eigenvalue weighted by Crippen LogP contribution is -2.11. The number of nitrogens with zero attached hydrogens (tertiary/aromatic N) is 3. The molecule has 2 aromatic rings. The van der Waals surface area contributed by atoms with Gasteiger partial charge in [0, 0.05) is 24.2 Å². The zero-order valence-corrected chi connectivity index (χ0v) is 8.83. The number of rotatable bonds is 3. The molecule has 0 aliphatic heterocycles. The molecule has 0 N–H and O–H groups in total. The van der Waals surface area contributed by atoms with Crippen LogP contribution in [0.3, 0.4) is 0 Å². The molecule has 82 valence electrons. The Morgan fingerprint density at radius 2 is 2.12 bits per heavy atom. The first-order valence-corrected chi connectivity index (χ1v) is 4.80. The first kappa shape index (κ1) is 10.4. The fourth-order valence-electron chi connectivity index (χ4n) is 1.32. The van der Waals surface area contributed by atoms with E-state index in [4.69, 9.17) is 0 Å². The van der Waals surface area contributed by atoms with Gasteiger partial charge in [-0.25, -0.2) is 0 Å². The van der Waals surface area contributed by atoms with E-state index < -0.39 is 0 Å². The van der Waals surface area contributed by atoms with Crippen molar-refractivity contribution in [1.82, 2.24) is 14.8 Å². The summed E-state index contributed by atoms with van der Waals surface area (Å²) in [6.45, 7) is 0.127. The molecule has 0 aliphatic rings. The minimum absolute atomic E-state index is 0.127. The van der Waals surface area contributed by atoms with Crippen LogP contribution in [0.25, 0.3) is 11.3 Å². The van der Waals surface area contributed by atoms with Gasteiger partial charge in [-0.1, -0.05) is 0 Å². The summed E-state index contributed by atoms with van der Waals surface area (Å²) in [4.78, 5) is 15.0. The molecule has 0 aromatic carbocycles. The monoisotopic (exact) mass is 217 g/mol. The molecule has 2 heterocycles. The highest BCUT2D eigenvalue weighted by atomic mass is 16.5. The van der Waals surface area contributed by atoms with Gasteiger partial charge in [0.2, 0.25) is 0 Å². The second kappa shape index (κ2) is 4.57. The number of methoxy groups -OCH3 is 1. The molecule has 2 aromatic heterocycles. The maximum atomic E-state index is 11.0. The van der Waals surface area contributed by atoms with E-state index in [1.165, 1.54) is 7.11 Å². The van der Waals surface area contributed by atoms with E-state index >= 15 is 0 Å². The molecule has 0 fully saturated rings. The summed E-state index contributed by atoms with van der Waals surface area (Å²) in [6, 6.07) is 5.58. The predicted octanol–water partition coefficient (Wildman–Crippen LogP) is 1.12. The van der Waals surface area contributed by atoms with Gasteiger partial charge in [-0.05, 0) is 18.2 Å². The van der Waals surface area contributed by atoms with Crippen LogP contribution in [0, 0.1) is 0 Å². The van der Waals surface area contributed by atoms with Crippen molar-refractivity contribution < 1.29 is 9.53 Å². The van der Waals surface area contributed by atoms with Crippen LogP contribution in [0.15, 0.2) is 36.8 Å². The molecule has 0 unspecified atom stereocenters. The molecule has 0 spiro atoms. The molecule has 5 nitrogen and oxygen atoms in total. The summed E-state index contributed by atoms with van der Waals surface area (Å²) in [5, 5.41) is 4.26. The van der Waals surface area contributed by atoms with Gasteiger partial charge in [-0.15, -0.1) is 0 Å². The zero-order valence-electron chi connectivity index (χ0n) is 8.83. The van der Waals surface area contributed by atoms with Gasteiger partial charge < -0.3 is 4.74 Å². The fraction of sp³-hybridized carbons (Fsp3) is 0.182. The highest BCUT2D eigenvalue weighted by Gasteiger charge is 2.05. The maximum Gasteiger partial charge on any atom is 0.327 e. The fourth-order valence-corrected chi connectivity index (χ4v) is 1.32. The highest BCUT2D eigenvalue weighted by molar-refractivity contribution is 5.69. The summed E-state index contributed by atoms with van der Waals surface area (Å²) in [6.07, 6.45) is 5.15. The van der Waals surface area contributed by atoms with Gasteiger partial charge in [0.1, 0.15) is 6.54 Å². The van der Waals surface area contributed by atoms with E-state index in [-0.39, 0.29) is 12.5 Å². The Balaban J connectivity index is 2.17. The van der Waals surface area contributed by atoms with Crippen molar-refractivity contribution in [2.24, 2.45) is 0 Å². The third kappa shape index (κ3) is 2.25. The summed E-state index contributed by atoms with van der Waals surface area (Å²) in [5.74, 6) is -0.315. The Morgan fingerprint density at radius 3 is 2.81 bits per heavy atom. The molecule has 16 heavy (non-hydrogen) atoms. The zero-order chi connectivity index (χ0) is 11.4. The highest BCUT2D eigenvalue weighted by Crippen LogP contribution is 2.14. The van der Waals surface area contributed by atoms with E-state index in [9.17, 15) is 4.79 Å². The van der Waals surface area contributed by atoms with Crippen LogP contribution >= 0.6 is 0 Å². The van der Waals surface area contributed by atoms with Gasteiger partial charge >= 0.3 is 5.97 Å². The Hall–Kier alpha value is -2.17. The molecule has 2 rings (SSSR count). The third-order valence-electron chi connectivity index (χ3n) is 2.14. The summed E-state index contributed by atoms with van der Waals surface area (Å²) >= 11 is 0. The van der Waals surface area contributed by atoms with E-state index in [0.29, 0.717) is 0 Å². The predicted molar refractivity (Wildman–Crippen MR) is 57.5 cm³/mol. The number of aromatic nitrogens is 3. The number of pyridine rings is 1. The molecule has 0 amide bonds. The lowest BCUT2D eigenvalue weighted by atomic mass is 10.2. The number of carbonyl (C=O) groups is 1. The SMILES string of the molecule is COC(=O)Cn1ccc(-c2ccncc2)n1. The van der Waals surface area contributed by atoms with Crippen molar-refractivity contribution in [3.63, 3.8) is 0 Å². The number of hydrogen-bond acceptors (Lipinski definition) is 4. The topological polar surface area (TPSA) is 57.0 Å². The van der Waals surface area contributed by atoms with E-state index in [0.717, 1.165) is 11.3 Å². The normalized spacial score (nSPS) is 10.1. The first-order valence-electron chi connectivity index (χ1n) is 4.80. The minimum Gasteiger partial charge on any atom is -0.468 e. The minimum atomic E-state index is -0.315. The third-order valence-corrected chi connectivity index (χ3v) is 2.14. The molecule has 5 heteroatoms. The molecular weight excluding hydrogens is 206 g/mol. The Kier molecular flexibility index (Phi) is 2.95. The Labute approximate surface area is 92.7 Å². The lowest BCUT2D eigenvalue weighted by Gasteiger charge is -1.99. The van der Waals surface area contributed by atoms with Crippen LogP contribution in [-0.2, 0) is 16.1 Å². The van der Waals surface area contributed by atoms with Crippen LogP contribution in [0.2, 0.25) is 0 Å². The van der Waals surface area contributed by atoms with Crippen LogP contribution in [0.1, 0.15) is 0 Å². The molecular formula is C11H11N3O2. The largest absolute Gasteiger partial charge is 0.468 e. The Morgan fingerprint density at radius 1 is 1.38 bits per heavy atom. The lowest BCUT2D eigenvalue weighted by molar-refractivity contribution is -0.141. The molecule has 0 saturated heterocycles. The van der Waals surface area contributed by atoms with Crippen molar-refractivity contribution in [2.45, 2.75) is 6.54 Å². The maximum absolute atomic E-state index is 11.0. The second-order valence-corrected chi connectivity index (χ2v) is 3.21. The van der Waals surface area contributed by atoms with E-state index in [2.05, 4.69) is 14.8 Å². The van der Waals surface area contributed by atoms with E-state index in [1.807, 2.05) is 18.2 Å². The van der Waals surface area contributed by atoms with Crippen molar-refractivity contribution >= 4 is 5.97 Å². The van der Waals surface area contributed by atoms with Crippen molar-refractivity contribution in [3.8, 4) is 11.3 Å². The van der Waals surface area contributed by atoms with Crippen molar-refractivity contribution in [3.05, 3.63) is 36.8 Å². The molecule has 0 radical (unpaired) electrons. The van der Waals surface area contributed by atoms with Crippen LogP contribution in [0.5, 0.6) is 0 Å². The van der Waals surface area contributed by atoms with Gasteiger partial charge in [0.05, 0.1) is 12.8 Å². The number of ether oxygens (including phenoxy) is 1. The molecule has 0 bridgehead atoms. The van der Waals surface area contributed by atoms with Crippen LogP contribution < -0.4 is 0 Å².